The van der Waals surface area contributed by atoms with E-state index < -0.39 is 5.54 Å². The molecule has 2 saturated heterocycles. The van der Waals surface area contributed by atoms with Gasteiger partial charge in [0, 0.05) is 44.6 Å². The van der Waals surface area contributed by atoms with Crippen molar-refractivity contribution in [3.63, 3.8) is 0 Å². The second kappa shape index (κ2) is 11.3. The van der Waals surface area contributed by atoms with Crippen molar-refractivity contribution in [1.82, 2.24) is 19.7 Å². The van der Waals surface area contributed by atoms with E-state index in [1.807, 2.05) is 23.2 Å². The quantitative estimate of drug-likeness (QED) is 0.463. The largest absolute Gasteiger partial charge is 0.327 e. The van der Waals surface area contributed by atoms with Gasteiger partial charge in [0.2, 0.25) is 0 Å². The molecule has 35 heavy (non-hydrogen) atoms. The SMILES string of the molecule is CC(C)CN1C(=O)N(CCCc2cccnc2)C(=O)C12CCN(C(C)CCc1ccccc1)CC2. The monoisotopic (exact) mass is 476 g/mol. The number of hydrogen-bond acceptors (Lipinski definition) is 4. The molecule has 6 heteroatoms. The first kappa shape index (κ1) is 25.4. The minimum absolute atomic E-state index is 0.0194. The van der Waals surface area contributed by atoms with E-state index in [4.69, 9.17) is 0 Å². The molecule has 2 aliphatic heterocycles. The van der Waals surface area contributed by atoms with Crippen LogP contribution in [0.2, 0.25) is 0 Å². The first-order valence-corrected chi connectivity index (χ1v) is 13.2. The number of amides is 3. The summed E-state index contributed by atoms with van der Waals surface area (Å²) >= 11 is 0. The summed E-state index contributed by atoms with van der Waals surface area (Å²) in [6.07, 6.45) is 8.80. The maximum atomic E-state index is 13.7. The number of piperidine rings is 1. The molecule has 3 amide bonds. The summed E-state index contributed by atoms with van der Waals surface area (Å²) in [5, 5.41) is 0. The van der Waals surface area contributed by atoms with Crippen LogP contribution in [-0.2, 0) is 17.6 Å². The molecule has 2 aliphatic rings. The number of imide groups is 1. The second-order valence-electron chi connectivity index (χ2n) is 10.6. The average molecular weight is 477 g/mol. The first-order chi connectivity index (χ1) is 16.9. The highest BCUT2D eigenvalue weighted by atomic mass is 16.2. The molecule has 188 valence electrons. The zero-order chi connectivity index (χ0) is 24.8. The number of carbonyl (C=O) groups excluding carboxylic acids is 2. The van der Waals surface area contributed by atoms with Gasteiger partial charge in [-0.15, -0.1) is 0 Å². The molecule has 0 saturated carbocycles. The van der Waals surface area contributed by atoms with E-state index in [9.17, 15) is 9.59 Å². The summed E-state index contributed by atoms with van der Waals surface area (Å²) in [5.41, 5.74) is 1.83. The van der Waals surface area contributed by atoms with Crippen LogP contribution in [0.25, 0.3) is 0 Å². The lowest BCUT2D eigenvalue weighted by Gasteiger charge is -2.44. The third kappa shape index (κ3) is 5.75. The highest BCUT2D eigenvalue weighted by Crippen LogP contribution is 2.38. The number of likely N-dealkylation sites (tertiary alicyclic amines) is 1. The predicted octanol–water partition coefficient (Wildman–Crippen LogP) is 4.79. The van der Waals surface area contributed by atoms with Crippen LogP contribution in [0.15, 0.2) is 54.9 Å². The van der Waals surface area contributed by atoms with Crippen LogP contribution in [0, 0.1) is 5.92 Å². The van der Waals surface area contributed by atoms with Gasteiger partial charge in [-0.25, -0.2) is 4.79 Å². The van der Waals surface area contributed by atoms with Crippen molar-refractivity contribution in [3.05, 3.63) is 66.0 Å². The van der Waals surface area contributed by atoms with Gasteiger partial charge in [-0.05, 0) is 68.6 Å². The number of hydrogen-bond donors (Lipinski definition) is 0. The van der Waals surface area contributed by atoms with Crippen molar-refractivity contribution >= 4 is 11.9 Å². The van der Waals surface area contributed by atoms with E-state index in [-0.39, 0.29) is 11.9 Å². The molecular formula is C29H40N4O2. The zero-order valence-corrected chi connectivity index (χ0v) is 21.5. The molecule has 1 spiro atoms. The number of pyridine rings is 1. The average Bonchev–Trinajstić information content (AvgIpc) is 3.05. The molecule has 0 aliphatic carbocycles. The Hall–Kier alpha value is -2.73. The molecule has 2 aromatic rings. The first-order valence-electron chi connectivity index (χ1n) is 13.2. The van der Waals surface area contributed by atoms with Crippen LogP contribution in [0.5, 0.6) is 0 Å². The number of nitrogens with zero attached hydrogens (tertiary/aromatic N) is 4. The summed E-state index contributed by atoms with van der Waals surface area (Å²) in [7, 11) is 0. The van der Waals surface area contributed by atoms with Crippen molar-refractivity contribution < 1.29 is 9.59 Å². The van der Waals surface area contributed by atoms with Crippen LogP contribution in [0.1, 0.15) is 57.6 Å². The van der Waals surface area contributed by atoms with E-state index in [1.165, 1.54) is 10.5 Å². The molecule has 0 bridgehead atoms. The van der Waals surface area contributed by atoms with E-state index in [2.05, 4.69) is 61.0 Å². The topological polar surface area (TPSA) is 56.8 Å². The van der Waals surface area contributed by atoms with Gasteiger partial charge in [0.25, 0.3) is 5.91 Å². The van der Waals surface area contributed by atoms with E-state index in [0.29, 0.717) is 25.0 Å². The Bertz CT molecular complexity index is 971. The van der Waals surface area contributed by atoms with Crippen molar-refractivity contribution in [1.29, 1.82) is 0 Å². The molecule has 1 unspecified atom stereocenters. The number of rotatable bonds is 10. The van der Waals surface area contributed by atoms with Crippen molar-refractivity contribution in [2.75, 3.05) is 26.2 Å². The summed E-state index contributed by atoms with van der Waals surface area (Å²) in [6.45, 7) is 9.35. The summed E-state index contributed by atoms with van der Waals surface area (Å²) in [5.74, 6) is 0.340. The lowest BCUT2D eigenvalue weighted by atomic mass is 9.84. The van der Waals surface area contributed by atoms with Gasteiger partial charge in [0.15, 0.2) is 0 Å². The molecule has 0 radical (unpaired) electrons. The normalized spacial score (nSPS) is 19.2. The van der Waals surface area contributed by atoms with Crippen molar-refractivity contribution in [3.8, 4) is 0 Å². The van der Waals surface area contributed by atoms with Gasteiger partial charge in [0.1, 0.15) is 5.54 Å². The number of benzene rings is 1. The fourth-order valence-corrected chi connectivity index (χ4v) is 5.61. The third-order valence-electron chi connectivity index (χ3n) is 7.68. The fraction of sp³-hybridized carbons (Fsp3) is 0.552. The van der Waals surface area contributed by atoms with E-state index >= 15 is 0 Å². The summed E-state index contributed by atoms with van der Waals surface area (Å²) in [6, 6.07) is 15.0. The molecule has 3 heterocycles. The smallest absolute Gasteiger partial charge is 0.309 e. The van der Waals surface area contributed by atoms with Crippen LogP contribution in [0.4, 0.5) is 4.79 Å². The third-order valence-corrected chi connectivity index (χ3v) is 7.68. The van der Waals surface area contributed by atoms with Gasteiger partial charge < -0.3 is 9.80 Å². The van der Waals surface area contributed by atoms with E-state index in [1.54, 1.807) is 6.20 Å². The molecule has 2 fully saturated rings. The Morgan fingerprint density at radius 3 is 2.31 bits per heavy atom. The Morgan fingerprint density at radius 1 is 0.943 bits per heavy atom. The van der Waals surface area contributed by atoms with Crippen LogP contribution < -0.4 is 0 Å². The van der Waals surface area contributed by atoms with Crippen LogP contribution >= 0.6 is 0 Å². The molecule has 0 N–H and O–H groups in total. The van der Waals surface area contributed by atoms with Gasteiger partial charge in [0.05, 0.1) is 0 Å². The predicted molar refractivity (Wildman–Crippen MR) is 139 cm³/mol. The Labute approximate surface area is 210 Å². The lowest BCUT2D eigenvalue weighted by molar-refractivity contribution is -0.136. The van der Waals surface area contributed by atoms with Crippen molar-refractivity contribution in [2.45, 2.75) is 70.9 Å². The number of aryl methyl sites for hydroxylation is 2. The van der Waals surface area contributed by atoms with Gasteiger partial charge in [-0.3, -0.25) is 14.7 Å². The molecule has 4 rings (SSSR count). The van der Waals surface area contributed by atoms with Gasteiger partial charge in [-0.2, -0.15) is 0 Å². The number of urea groups is 1. The highest BCUT2D eigenvalue weighted by molar-refractivity contribution is 6.07. The number of aromatic nitrogens is 1. The second-order valence-corrected chi connectivity index (χ2v) is 10.6. The van der Waals surface area contributed by atoms with Gasteiger partial charge >= 0.3 is 6.03 Å². The Kier molecular flexibility index (Phi) is 8.22. The van der Waals surface area contributed by atoms with Crippen molar-refractivity contribution in [2.24, 2.45) is 5.92 Å². The zero-order valence-electron chi connectivity index (χ0n) is 21.5. The Balaban J connectivity index is 1.38. The van der Waals surface area contributed by atoms with Crippen LogP contribution in [0.3, 0.4) is 0 Å². The standard InChI is InChI=1S/C29H40N4O2/c1-23(2)22-33-28(35)32(18-8-12-26-11-7-17-30-21-26)27(34)29(33)15-19-31(20-16-29)24(3)13-14-25-9-5-4-6-10-25/h4-7,9-11,17,21,23-24H,8,12-16,18-20,22H2,1-3H3. The Morgan fingerprint density at radius 2 is 1.66 bits per heavy atom. The maximum Gasteiger partial charge on any atom is 0.327 e. The molecule has 1 aromatic carbocycles. The van der Waals surface area contributed by atoms with E-state index in [0.717, 1.165) is 57.2 Å². The fourth-order valence-electron chi connectivity index (χ4n) is 5.61. The molecule has 1 aromatic heterocycles. The highest BCUT2D eigenvalue weighted by Gasteiger charge is 2.57. The van der Waals surface area contributed by atoms with Gasteiger partial charge in [-0.1, -0.05) is 50.2 Å². The lowest BCUT2D eigenvalue weighted by Crippen LogP contribution is -2.58. The minimum atomic E-state index is -0.675. The molecule has 1 atom stereocenters. The summed E-state index contributed by atoms with van der Waals surface area (Å²) in [4.78, 5) is 37.3. The summed E-state index contributed by atoms with van der Waals surface area (Å²) < 4.78 is 0. The molecular weight excluding hydrogens is 436 g/mol. The maximum absolute atomic E-state index is 13.7. The van der Waals surface area contributed by atoms with Crippen LogP contribution in [-0.4, -0.2) is 69.4 Å². The minimum Gasteiger partial charge on any atom is -0.309 e. The molecule has 6 nitrogen and oxygen atoms in total. The number of carbonyl (C=O) groups is 2.